The van der Waals surface area contributed by atoms with Crippen molar-refractivity contribution in [3.8, 4) is 0 Å². The van der Waals surface area contributed by atoms with Crippen LogP contribution in [0.3, 0.4) is 0 Å². The van der Waals surface area contributed by atoms with Gasteiger partial charge in [-0.3, -0.25) is 9.69 Å². The van der Waals surface area contributed by atoms with Crippen molar-refractivity contribution in [1.82, 2.24) is 14.8 Å². The molecule has 1 amide bonds. The molecule has 0 unspecified atom stereocenters. The van der Waals surface area contributed by atoms with E-state index in [2.05, 4.69) is 4.98 Å². The van der Waals surface area contributed by atoms with E-state index in [1.54, 1.807) is 36.5 Å². The number of fused-ring (bicyclic) bond motifs is 1. The molecule has 0 aliphatic carbocycles. The number of para-hydroxylation sites is 1. The summed E-state index contributed by atoms with van der Waals surface area (Å²) >= 11 is 0. The van der Waals surface area contributed by atoms with E-state index in [1.165, 1.54) is 12.0 Å². The number of aromatic amines is 1. The zero-order chi connectivity index (χ0) is 30.9. The highest BCUT2D eigenvalue weighted by molar-refractivity contribution is 5.95. The summed E-state index contributed by atoms with van der Waals surface area (Å²) in [6.45, 7) is 0.171. The number of amides is 1. The van der Waals surface area contributed by atoms with E-state index in [0.717, 1.165) is 16.5 Å². The van der Waals surface area contributed by atoms with Crippen molar-refractivity contribution < 1.29 is 40.7 Å². The average Bonchev–Trinajstić information content (AvgIpc) is 3.39. The van der Waals surface area contributed by atoms with Crippen LogP contribution < -0.4 is 0 Å². The van der Waals surface area contributed by atoms with Crippen molar-refractivity contribution >= 4 is 22.8 Å². The van der Waals surface area contributed by atoms with Gasteiger partial charge in [0.1, 0.15) is 6.04 Å². The van der Waals surface area contributed by atoms with E-state index in [1.807, 2.05) is 29.2 Å². The molecular weight excluding hydrogens is 576 g/mol. The molecule has 1 N–H and O–H groups in total. The third-order valence-electron chi connectivity index (χ3n) is 7.64. The Hall–Kier alpha value is -4.32. The average molecular weight is 604 g/mol. The largest absolute Gasteiger partial charge is 0.468 e. The number of hydrogen-bond acceptors (Lipinski definition) is 4. The number of methoxy groups -OCH3 is 1. The lowest BCUT2D eigenvalue weighted by Gasteiger charge is -2.44. The highest BCUT2D eigenvalue weighted by Gasteiger charge is 2.41. The Morgan fingerprint density at radius 2 is 1.53 bits per heavy atom. The van der Waals surface area contributed by atoms with Gasteiger partial charge in [-0.1, -0.05) is 48.5 Å². The second-order valence-corrected chi connectivity index (χ2v) is 10.3. The Labute approximate surface area is 242 Å². The molecule has 1 fully saturated rings. The molecule has 226 valence electrons. The van der Waals surface area contributed by atoms with Gasteiger partial charge in [-0.25, -0.2) is 4.79 Å². The lowest BCUT2D eigenvalue weighted by Crippen LogP contribution is -2.57. The van der Waals surface area contributed by atoms with Crippen molar-refractivity contribution in [2.24, 2.45) is 0 Å². The monoisotopic (exact) mass is 603 g/mol. The Kier molecular flexibility index (Phi) is 8.24. The van der Waals surface area contributed by atoms with Crippen LogP contribution >= 0.6 is 0 Å². The minimum absolute atomic E-state index is 0.00103. The fraction of sp³-hybridized carbons (Fsp3) is 0.290. The third-order valence-corrected chi connectivity index (χ3v) is 7.64. The number of rotatable bonds is 6. The summed E-state index contributed by atoms with van der Waals surface area (Å²) in [5.74, 6) is -1.50. The summed E-state index contributed by atoms with van der Waals surface area (Å²) in [5.41, 5.74) is -1.57. The molecule has 4 aromatic rings. The van der Waals surface area contributed by atoms with Crippen molar-refractivity contribution in [1.29, 1.82) is 0 Å². The topological polar surface area (TPSA) is 65.6 Å². The first-order valence-electron chi connectivity index (χ1n) is 13.4. The van der Waals surface area contributed by atoms with E-state index in [4.69, 9.17) is 4.74 Å². The molecule has 6 nitrogen and oxygen atoms in total. The fourth-order valence-corrected chi connectivity index (χ4v) is 5.60. The number of carbonyl (C=O) groups is 2. The van der Waals surface area contributed by atoms with Gasteiger partial charge in [0.15, 0.2) is 0 Å². The molecule has 43 heavy (non-hydrogen) atoms. The number of benzene rings is 3. The summed E-state index contributed by atoms with van der Waals surface area (Å²) in [6.07, 6.45) is -8.21. The van der Waals surface area contributed by atoms with E-state index < -0.39 is 53.0 Å². The summed E-state index contributed by atoms with van der Waals surface area (Å²) in [6, 6.07) is 15.6. The van der Waals surface area contributed by atoms with Gasteiger partial charge in [0.2, 0.25) is 0 Å². The summed E-state index contributed by atoms with van der Waals surface area (Å²) in [4.78, 5) is 33.0. The molecule has 0 bridgehead atoms. The van der Waals surface area contributed by atoms with Gasteiger partial charge in [-0.15, -0.1) is 0 Å². The molecule has 3 aromatic carbocycles. The number of esters is 1. The predicted octanol–water partition coefficient (Wildman–Crippen LogP) is 6.49. The summed E-state index contributed by atoms with van der Waals surface area (Å²) in [5, 5.41) is 0.859. The molecule has 1 aromatic heterocycles. The van der Waals surface area contributed by atoms with Gasteiger partial charge >= 0.3 is 18.3 Å². The number of hydrogen-bond donors (Lipinski definition) is 1. The van der Waals surface area contributed by atoms with Crippen molar-refractivity contribution in [2.75, 3.05) is 26.7 Å². The number of H-pyrrole nitrogens is 1. The molecule has 0 radical (unpaired) electrons. The fourth-order valence-electron chi connectivity index (χ4n) is 5.60. The van der Waals surface area contributed by atoms with Crippen LogP contribution in [-0.4, -0.2) is 59.4 Å². The Morgan fingerprint density at radius 3 is 2.16 bits per heavy atom. The Morgan fingerprint density at radius 1 is 0.907 bits per heavy atom. The molecule has 0 spiro atoms. The zero-order valence-corrected chi connectivity index (χ0v) is 22.9. The SMILES string of the molecule is COC(=O)[C@H](c1ccccc1)N1CCN(C(=O)c2cc(C(F)(F)F)cc(C(F)(F)F)c2)[C@H](Cc2c[nH]c3ccccc23)C1. The lowest BCUT2D eigenvalue weighted by molar-refractivity contribution is -0.148. The van der Waals surface area contributed by atoms with E-state index in [-0.39, 0.29) is 32.1 Å². The van der Waals surface area contributed by atoms with Crippen molar-refractivity contribution in [3.05, 3.63) is 107 Å². The standard InChI is InChI=1S/C31H27F6N3O3/c1-43-29(42)27(19-7-3-2-4-8-19)39-11-12-40(24(18-39)15-21-17-38-26-10-6-5-9-25(21)26)28(41)20-13-22(30(32,33)34)16-23(14-20)31(35,36)37/h2-10,13-14,16-17,24,27,38H,11-12,15,18H2,1H3/t24-,27+/m1/s1. The van der Waals surface area contributed by atoms with Crippen LogP contribution in [0.1, 0.15) is 38.7 Å². The first kappa shape index (κ1) is 30.1. The first-order chi connectivity index (χ1) is 20.4. The highest BCUT2D eigenvalue weighted by atomic mass is 19.4. The molecule has 1 saturated heterocycles. The molecule has 12 heteroatoms. The van der Waals surface area contributed by atoms with E-state index in [0.29, 0.717) is 17.7 Å². The number of nitrogens with zero attached hydrogens (tertiary/aromatic N) is 2. The molecule has 2 heterocycles. The third kappa shape index (κ3) is 6.38. The Balaban J connectivity index is 1.54. The van der Waals surface area contributed by atoms with Gasteiger partial charge in [0, 0.05) is 48.3 Å². The first-order valence-corrected chi connectivity index (χ1v) is 13.4. The van der Waals surface area contributed by atoms with Gasteiger partial charge in [0.25, 0.3) is 5.91 Å². The minimum Gasteiger partial charge on any atom is -0.468 e. The zero-order valence-electron chi connectivity index (χ0n) is 22.9. The maximum atomic E-state index is 13.8. The number of carbonyl (C=O) groups excluding carboxylic acids is 2. The van der Waals surface area contributed by atoms with Crippen LogP contribution in [0.25, 0.3) is 10.9 Å². The predicted molar refractivity (Wildman–Crippen MR) is 146 cm³/mol. The van der Waals surface area contributed by atoms with Crippen molar-refractivity contribution in [3.63, 3.8) is 0 Å². The van der Waals surface area contributed by atoms with Gasteiger partial charge in [-0.2, -0.15) is 26.3 Å². The summed E-state index contributed by atoms with van der Waals surface area (Å²) in [7, 11) is 1.26. The van der Waals surface area contributed by atoms with Gasteiger partial charge in [0.05, 0.1) is 18.2 Å². The maximum absolute atomic E-state index is 13.8. The van der Waals surface area contributed by atoms with Gasteiger partial charge < -0.3 is 14.6 Å². The second-order valence-electron chi connectivity index (χ2n) is 10.3. The van der Waals surface area contributed by atoms with Crippen LogP contribution in [0.2, 0.25) is 0 Å². The number of aromatic nitrogens is 1. The Bertz CT molecular complexity index is 1580. The normalized spacial score (nSPS) is 17.2. The number of halogens is 6. The quantitative estimate of drug-likeness (QED) is 0.202. The van der Waals surface area contributed by atoms with Crippen LogP contribution in [0.5, 0.6) is 0 Å². The van der Waals surface area contributed by atoms with Crippen LogP contribution in [0.4, 0.5) is 26.3 Å². The lowest BCUT2D eigenvalue weighted by atomic mass is 9.96. The second kappa shape index (κ2) is 11.8. The maximum Gasteiger partial charge on any atom is 0.416 e. The molecule has 0 saturated carbocycles. The summed E-state index contributed by atoms with van der Waals surface area (Å²) < 4.78 is 86.6. The molecular formula is C31H27F6N3O3. The molecule has 1 aliphatic heterocycles. The van der Waals surface area contributed by atoms with Crippen LogP contribution in [-0.2, 0) is 28.3 Å². The molecule has 5 rings (SSSR count). The molecule has 2 atom stereocenters. The number of piperazine rings is 1. The highest BCUT2D eigenvalue weighted by Crippen LogP contribution is 2.37. The molecule has 1 aliphatic rings. The number of nitrogens with one attached hydrogen (secondary N) is 1. The van der Waals surface area contributed by atoms with Crippen LogP contribution in [0.15, 0.2) is 79.0 Å². The smallest absolute Gasteiger partial charge is 0.416 e. The number of ether oxygens (including phenoxy) is 1. The van der Waals surface area contributed by atoms with Crippen LogP contribution in [0, 0.1) is 0 Å². The van der Waals surface area contributed by atoms with Gasteiger partial charge in [-0.05, 0) is 41.8 Å². The minimum atomic E-state index is -5.10. The van der Waals surface area contributed by atoms with Crippen molar-refractivity contribution in [2.45, 2.75) is 30.9 Å². The van der Waals surface area contributed by atoms with E-state index >= 15 is 0 Å². The van der Waals surface area contributed by atoms with E-state index in [9.17, 15) is 35.9 Å². The number of alkyl halides is 6.